The number of benzene rings is 2. The molecule has 0 aliphatic rings. The van der Waals surface area contributed by atoms with Crippen molar-refractivity contribution in [3.8, 4) is 27.8 Å². The molecule has 31 heavy (non-hydrogen) atoms. The normalized spacial score (nSPS) is 11.3. The van der Waals surface area contributed by atoms with E-state index in [-0.39, 0.29) is 12.1 Å². The van der Waals surface area contributed by atoms with Crippen LogP contribution >= 0.6 is 11.3 Å². The molecule has 3 heterocycles. The average Bonchev–Trinajstić information content (AvgIpc) is 3.39. The Morgan fingerprint density at radius 3 is 2.81 bits per heavy atom. The summed E-state index contributed by atoms with van der Waals surface area (Å²) in [7, 11) is 0. The lowest BCUT2D eigenvalue weighted by atomic mass is 9.99. The summed E-state index contributed by atoms with van der Waals surface area (Å²) in [5, 5.41) is 23.3. The van der Waals surface area contributed by atoms with E-state index in [4.69, 9.17) is 5.73 Å². The van der Waals surface area contributed by atoms with Crippen molar-refractivity contribution in [2.45, 2.75) is 20.0 Å². The number of hydrogen-bond acceptors (Lipinski definition) is 6. The summed E-state index contributed by atoms with van der Waals surface area (Å²) < 4.78 is 2.97. The first kappa shape index (κ1) is 19.2. The van der Waals surface area contributed by atoms with E-state index >= 15 is 0 Å². The molecule has 0 saturated carbocycles. The van der Waals surface area contributed by atoms with Crippen LogP contribution in [0, 0.1) is 11.3 Å². The minimum atomic E-state index is -0.250. The number of fused-ring (bicyclic) bond motifs is 2. The number of aromatic nitrogens is 4. The molecule has 152 valence electrons. The maximum atomic E-state index is 12.2. The first-order valence-electron chi connectivity index (χ1n) is 9.85. The molecule has 3 aromatic heterocycles. The number of nitrogens with two attached hydrogens (primary N) is 1. The summed E-state index contributed by atoms with van der Waals surface area (Å²) in [6.45, 7) is 2.90. The third-order valence-corrected chi connectivity index (χ3v) is 6.61. The Hall–Kier alpha value is -3.80. The lowest BCUT2D eigenvalue weighted by Crippen LogP contribution is -2.13. The molecule has 3 N–H and O–H groups in total. The highest BCUT2D eigenvalue weighted by Gasteiger charge is 2.22. The molecule has 5 rings (SSSR count). The van der Waals surface area contributed by atoms with Crippen LogP contribution in [0.4, 0.5) is 0 Å². The molecule has 0 unspecified atom stereocenters. The Bertz CT molecular complexity index is 1550. The van der Waals surface area contributed by atoms with Crippen molar-refractivity contribution < 1.29 is 0 Å². The fourth-order valence-corrected chi connectivity index (χ4v) is 5.16. The van der Waals surface area contributed by atoms with Gasteiger partial charge in [0.15, 0.2) is 0 Å². The molecular formula is C23H18N6OS. The molecule has 0 bridgehead atoms. The molecule has 5 aromatic rings. The van der Waals surface area contributed by atoms with Gasteiger partial charge in [0.05, 0.1) is 33.4 Å². The molecule has 0 aliphatic heterocycles. The summed E-state index contributed by atoms with van der Waals surface area (Å²) >= 11 is 1.59. The molecular weight excluding hydrogens is 408 g/mol. The Morgan fingerprint density at radius 2 is 2.03 bits per heavy atom. The van der Waals surface area contributed by atoms with Gasteiger partial charge in [-0.2, -0.15) is 15.5 Å². The molecule has 0 radical (unpaired) electrons. The van der Waals surface area contributed by atoms with Crippen LogP contribution in [0.2, 0.25) is 0 Å². The smallest absolute Gasteiger partial charge is 0.272 e. The molecule has 0 spiro atoms. The van der Waals surface area contributed by atoms with E-state index in [9.17, 15) is 10.1 Å². The van der Waals surface area contributed by atoms with E-state index in [1.807, 2.05) is 54.2 Å². The highest BCUT2D eigenvalue weighted by atomic mass is 32.1. The van der Waals surface area contributed by atoms with Gasteiger partial charge in [0.25, 0.3) is 5.56 Å². The monoisotopic (exact) mass is 426 g/mol. The van der Waals surface area contributed by atoms with E-state index in [1.54, 1.807) is 17.4 Å². The van der Waals surface area contributed by atoms with Crippen molar-refractivity contribution in [1.29, 1.82) is 5.26 Å². The molecule has 8 heteroatoms. The number of nitrogens with one attached hydrogen (secondary N) is 1. The van der Waals surface area contributed by atoms with Crippen LogP contribution in [-0.2, 0) is 13.1 Å². The van der Waals surface area contributed by atoms with Crippen molar-refractivity contribution >= 4 is 32.2 Å². The molecule has 2 aromatic carbocycles. The van der Waals surface area contributed by atoms with Crippen LogP contribution < -0.4 is 11.3 Å². The summed E-state index contributed by atoms with van der Waals surface area (Å²) in [5.74, 6) is 0. The van der Waals surface area contributed by atoms with Gasteiger partial charge >= 0.3 is 0 Å². The number of rotatable bonds is 4. The van der Waals surface area contributed by atoms with Crippen LogP contribution in [0.3, 0.4) is 0 Å². The van der Waals surface area contributed by atoms with E-state index < -0.39 is 0 Å². The van der Waals surface area contributed by atoms with E-state index in [2.05, 4.69) is 21.4 Å². The van der Waals surface area contributed by atoms with E-state index in [0.717, 1.165) is 37.2 Å². The van der Waals surface area contributed by atoms with Crippen molar-refractivity contribution in [1.82, 2.24) is 20.0 Å². The standard InChI is InChI=1S/C23H18N6OS/c1-2-29-21(22-17(10-24)14-5-3-4-6-20(14)31-22)18(12-26-29)13-7-8-15-16(9-13)19(11-25)27-28-23(15)30/h3-9,12H,2,11,25H2,1H3,(H,28,30). The van der Waals surface area contributed by atoms with Crippen molar-refractivity contribution in [2.75, 3.05) is 0 Å². The second-order valence-electron chi connectivity index (χ2n) is 7.10. The molecule has 0 amide bonds. The highest BCUT2D eigenvalue weighted by molar-refractivity contribution is 7.22. The summed E-state index contributed by atoms with van der Waals surface area (Å²) in [6.07, 6.45) is 1.81. The van der Waals surface area contributed by atoms with Gasteiger partial charge in [0.1, 0.15) is 6.07 Å². The Kier molecular flexibility index (Phi) is 4.62. The lowest BCUT2D eigenvalue weighted by molar-refractivity contribution is 0.668. The molecule has 0 aliphatic carbocycles. The van der Waals surface area contributed by atoms with Crippen molar-refractivity contribution in [3.05, 3.63) is 70.3 Å². The Balaban J connectivity index is 1.80. The second-order valence-corrected chi connectivity index (χ2v) is 8.15. The third-order valence-electron chi connectivity index (χ3n) is 5.43. The van der Waals surface area contributed by atoms with Gasteiger partial charge in [-0.15, -0.1) is 11.3 Å². The zero-order valence-corrected chi connectivity index (χ0v) is 17.5. The third kappa shape index (κ3) is 2.94. The van der Waals surface area contributed by atoms with Gasteiger partial charge in [-0.3, -0.25) is 9.48 Å². The van der Waals surface area contributed by atoms with Gasteiger partial charge in [-0.05, 0) is 30.7 Å². The maximum Gasteiger partial charge on any atom is 0.272 e. The largest absolute Gasteiger partial charge is 0.325 e. The number of H-pyrrole nitrogens is 1. The first-order chi connectivity index (χ1) is 15.2. The topological polar surface area (TPSA) is 113 Å². The van der Waals surface area contributed by atoms with Gasteiger partial charge in [0, 0.05) is 34.1 Å². The minimum Gasteiger partial charge on any atom is -0.325 e. The predicted octanol–water partition coefficient (Wildman–Crippen LogP) is 4.02. The maximum absolute atomic E-state index is 12.2. The summed E-state index contributed by atoms with van der Waals surface area (Å²) in [6, 6.07) is 15.9. The number of hydrogen-bond donors (Lipinski definition) is 2. The van der Waals surface area contributed by atoms with Crippen LogP contribution in [-0.4, -0.2) is 20.0 Å². The number of nitriles is 1. The average molecular weight is 427 g/mol. The number of aromatic amines is 1. The van der Waals surface area contributed by atoms with Gasteiger partial charge in [-0.1, -0.05) is 24.3 Å². The molecule has 0 atom stereocenters. The van der Waals surface area contributed by atoms with Gasteiger partial charge in [-0.25, -0.2) is 5.10 Å². The van der Waals surface area contributed by atoms with Gasteiger partial charge < -0.3 is 5.73 Å². The number of nitrogens with zero attached hydrogens (tertiary/aromatic N) is 4. The molecule has 7 nitrogen and oxygen atoms in total. The van der Waals surface area contributed by atoms with Crippen molar-refractivity contribution in [2.24, 2.45) is 5.73 Å². The second kappa shape index (κ2) is 7.47. The van der Waals surface area contributed by atoms with Crippen LogP contribution in [0.1, 0.15) is 18.2 Å². The quantitative estimate of drug-likeness (QED) is 0.451. The fourth-order valence-electron chi connectivity index (χ4n) is 3.94. The first-order valence-corrected chi connectivity index (χ1v) is 10.7. The summed E-state index contributed by atoms with van der Waals surface area (Å²) in [4.78, 5) is 13.1. The number of thiophene rings is 1. The van der Waals surface area contributed by atoms with Crippen molar-refractivity contribution in [3.63, 3.8) is 0 Å². The predicted molar refractivity (Wildman–Crippen MR) is 123 cm³/mol. The van der Waals surface area contributed by atoms with E-state index in [1.165, 1.54) is 0 Å². The van der Waals surface area contributed by atoms with Gasteiger partial charge in [0.2, 0.25) is 0 Å². The Labute approximate surface area is 181 Å². The number of aryl methyl sites for hydroxylation is 1. The summed E-state index contributed by atoms with van der Waals surface area (Å²) in [5.41, 5.74) is 9.56. The fraction of sp³-hybridized carbons (Fsp3) is 0.130. The molecule has 0 fully saturated rings. The zero-order chi connectivity index (χ0) is 21.5. The van der Waals surface area contributed by atoms with Crippen LogP contribution in [0.15, 0.2) is 53.5 Å². The van der Waals surface area contributed by atoms with Crippen LogP contribution in [0.25, 0.3) is 42.6 Å². The lowest BCUT2D eigenvalue weighted by Gasteiger charge is -2.09. The molecule has 0 saturated heterocycles. The SMILES string of the molecule is CCn1ncc(-c2ccc3c(=O)[nH]nc(CN)c3c2)c1-c1sc2ccccc2c1C#N. The highest BCUT2D eigenvalue weighted by Crippen LogP contribution is 2.42. The zero-order valence-electron chi connectivity index (χ0n) is 16.7. The minimum absolute atomic E-state index is 0.215. The Morgan fingerprint density at radius 1 is 1.19 bits per heavy atom. The van der Waals surface area contributed by atoms with E-state index in [0.29, 0.717) is 23.2 Å². The van der Waals surface area contributed by atoms with Crippen LogP contribution in [0.5, 0.6) is 0 Å².